The molecule has 1 aromatic carbocycles. The van der Waals surface area contributed by atoms with Crippen LogP contribution in [0.2, 0.25) is 0 Å². The van der Waals surface area contributed by atoms with Crippen LogP contribution in [0.1, 0.15) is 25.3 Å². The van der Waals surface area contributed by atoms with E-state index in [-0.39, 0.29) is 6.42 Å². The Kier molecular flexibility index (Phi) is 7.66. The van der Waals surface area contributed by atoms with Crippen molar-refractivity contribution in [1.29, 1.82) is 0 Å². The molecule has 0 heterocycles. The van der Waals surface area contributed by atoms with Crippen molar-refractivity contribution in [3.63, 3.8) is 0 Å². The number of carbonyl (C=O) groups is 2. The fourth-order valence-electron chi connectivity index (χ4n) is 1.92. The summed E-state index contributed by atoms with van der Waals surface area (Å²) in [6.45, 7) is 2.51. The number of hydrogen-bond donors (Lipinski definition) is 3. The maximum absolute atomic E-state index is 12.0. The first-order valence-corrected chi connectivity index (χ1v) is 9.02. The topological polar surface area (TPSA) is 130 Å². The Morgan fingerprint density at radius 2 is 1.96 bits per heavy atom. The van der Waals surface area contributed by atoms with Crippen LogP contribution in [0, 0.1) is 0 Å². The first kappa shape index (κ1) is 19.9. The van der Waals surface area contributed by atoms with Gasteiger partial charge < -0.3 is 15.2 Å². The molecule has 0 radical (unpaired) electrons. The Balaban J connectivity index is 2.74. The van der Waals surface area contributed by atoms with Crippen molar-refractivity contribution < 1.29 is 32.4 Å². The van der Waals surface area contributed by atoms with Crippen molar-refractivity contribution in [3.8, 4) is 5.75 Å². The third-order valence-corrected chi connectivity index (χ3v) is 3.84. The molecule has 134 valence electrons. The number of amides is 1. The number of rotatable bonds is 10. The van der Waals surface area contributed by atoms with Crippen LogP contribution in [0.5, 0.6) is 5.75 Å². The zero-order valence-electron chi connectivity index (χ0n) is 13.3. The SMILES string of the molecule is CCCCOc1ccccc1CC(=O)NC(CS(=O)(=O)O)C(=O)O. The number of hydrogen-bond acceptors (Lipinski definition) is 5. The predicted octanol–water partition coefficient (Wildman–Crippen LogP) is 0.865. The van der Waals surface area contributed by atoms with Gasteiger partial charge in [0, 0.05) is 5.56 Å². The van der Waals surface area contributed by atoms with Gasteiger partial charge in [-0.1, -0.05) is 31.5 Å². The lowest BCUT2D eigenvalue weighted by Crippen LogP contribution is -2.45. The molecular formula is C15H21NO7S. The number of ether oxygens (including phenoxy) is 1. The molecule has 0 saturated heterocycles. The third-order valence-electron chi connectivity index (χ3n) is 3.09. The Hall–Kier alpha value is -2.13. The molecule has 1 unspecified atom stereocenters. The van der Waals surface area contributed by atoms with E-state index in [1.54, 1.807) is 24.3 Å². The second-order valence-corrected chi connectivity index (χ2v) is 6.69. The highest BCUT2D eigenvalue weighted by molar-refractivity contribution is 7.85. The van der Waals surface area contributed by atoms with Crippen LogP contribution in [0.15, 0.2) is 24.3 Å². The van der Waals surface area contributed by atoms with Gasteiger partial charge >= 0.3 is 5.97 Å². The average Bonchev–Trinajstić information content (AvgIpc) is 2.47. The molecule has 0 bridgehead atoms. The van der Waals surface area contributed by atoms with Crippen LogP contribution in [0.25, 0.3) is 0 Å². The minimum atomic E-state index is -4.53. The predicted molar refractivity (Wildman–Crippen MR) is 86.5 cm³/mol. The molecule has 1 atom stereocenters. The van der Waals surface area contributed by atoms with E-state index in [1.807, 2.05) is 6.92 Å². The van der Waals surface area contributed by atoms with Gasteiger partial charge in [-0.2, -0.15) is 8.42 Å². The second-order valence-electron chi connectivity index (χ2n) is 5.19. The molecule has 9 heteroatoms. The Morgan fingerprint density at radius 3 is 2.54 bits per heavy atom. The van der Waals surface area contributed by atoms with Gasteiger partial charge in [0.1, 0.15) is 17.5 Å². The summed E-state index contributed by atoms with van der Waals surface area (Å²) in [4.78, 5) is 23.0. The minimum absolute atomic E-state index is 0.169. The molecule has 3 N–H and O–H groups in total. The zero-order chi connectivity index (χ0) is 18.2. The molecular weight excluding hydrogens is 338 g/mol. The molecule has 1 aromatic rings. The van der Waals surface area contributed by atoms with E-state index in [2.05, 4.69) is 5.32 Å². The van der Waals surface area contributed by atoms with Gasteiger partial charge in [-0.3, -0.25) is 9.35 Å². The largest absolute Gasteiger partial charge is 0.493 e. The Labute approximate surface area is 140 Å². The maximum Gasteiger partial charge on any atom is 0.327 e. The van der Waals surface area contributed by atoms with E-state index in [9.17, 15) is 18.0 Å². The lowest BCUT2D eigenvalue weighted by molar-refractivity contribution is -0.141. The molecule has 24 heavy (non-hydrogen) atoms. The normalized spacial score (nSPS) is 12.4. The van der Waals surface area contributed by atoms with Crippen molar-refractivity contribution in [2.24, 2.45) is 0 Å². The van der Waals surface area contributed by atoms with Crippen LogP contribution < -0.4 is 10.1 Å². The molecule has 8 nitrogen and oxygen atoms in total. The van der Waals surface area contributed by atoms with Crippen LogP contribution in [-0.4, -0.2) is 48.4 Å². The first-order chi connectivity index (χ1) is 11.2. The summed E-state index contributed by atoms with van der Waals surface area (Å²) < 4.78 is 35.9. The number of aliphatic carboxylic acids is 1. The van der Waals surface area contributed by atoms with Gasteiger partial charge in [-0.05, 0) is 12.5 Å². The fraction of sp³-hybridized carbons (Fsp3) is 0.467. The molecule has 0 aromatic heterocycles. The van der Waals surface area contributed by atoms with E-state index < -0.39 is 33.8 Å². The molecule has 0 aliphatic rings. The van der Waals surface area contributed by atoms with Gasteiger partial charge in [0.05, 0.1) is 13.0 Å². The lowest BCUT2D eigenvalue weighted by atomic mass is 10.1. The van der Waals surface area contributed by atoms with Gasteiger partial charge in [0.25, 0.3) is 10.1 Å². The molecule has 0 fully saturated rings. The molecule has 0 saturated carbocycles. The van der Waals surface area contributed by atoms with E-state index in [0.29, 0.717) is 17.9 Å². The van der Waals surface area contributed by atoms with Gasteiger partial charge in [-0.25, -0.2) is 4.79 Å². The average molecular weight is 359 g/mol. The Bertz CT molecular complexity index is 672. The van der Waals surface area contributed by atoms with Crippen molar-refractivity contribution >= 4 is 22.0 Å². The number of carboxylic acid groups (broad SMARTS) is 1. The van der Waals surface area contributed by atoms with Crippen LogP contribution >= 0.6 is 0 Å². The fourth-order valence-corrected chi connectivity index (χ4v) is 2.57. The standard InChI is InChI=1S/C15H21NO7S/c1-2-3-8-23-13-7-5-4-6-11(13)9-14(17)16-12(15(18)19)10-24(20,21)22/h4-7,12H,2-3,8-10H2,1H3,(H,16,17)(H,18,19)(H,20,21,22). The van der Waals surface area contributed by atoms with E-state index in [4.69, 9.17) is 14.4 Å². The number of para-hydroxylation sites is 1. The van der Waals surface area contributed by atoms with Crippen molar-refractivity contribution in [3.05, 3.63) is 29.8 Å². The highest BCUT2D eigenvalue weighted by Crippen LogP contribution is 2.19. The summed E-state index contributed by atoms with van der Waals surface area (Å²) in [5.41, 5.74) is 0.557. The zero-order valence-corrected chi connectivity index (χ0v) is 14.1. The third kappa shape index (κ3) is 7.42. The van der Waals surface area contributed by atoms with Crippen LogP contribution in [0.3, 0.4) is 0 Å². The molecule has 1 rings (SSSR count). The number of benzene rings is 1. The maximum atomic E-state index is 12.0. The van der Waals surface area contributed by atoms with Gasteiger partial charge in [0.2, 0.25) is 5.91 Å². The van der Waals surface area contributed by atoms with Crippen molar-refractivity contribution in [2.45, 2.75) is 32.2 Å². The van der Waals surface area contributed by atoms with Gasteiger partial charge in [-0.15, -0.1) is 0 Å². The van der Waals surface area contributed by atoms with Crippen LogP contribution in [0.4, 0.5) is 0 Å². The minimum Gasteiger partial charge on any atom is -0.493 e. The quantitative estimate of drug-likeness (QED) is 0.417. The van der Waals surface area contributed by atoms with Crippen molar-refractivity contribution in [1.82, 2.24) is 5.32 Å². The molecule has 0 aliphatic carbocycles. The lowest BCUT2D eigenvalue weighted by Gasteiger charge is -2.14. The van der Waals surface area contributed by atoms with E-state index in [0.717, 1.165) is 12.8 Å². The van der Waals surface area contributed by atoms with Crippen LogP contribution in [-0.2, 0) is 26.1 Å². The summed E-state index contributed by atoms with van der Waals surface area (Å²) in [5, 5.41) is 11.0. The number of nitrogens with one attached hydrogen (secondary N) is 1. The monoisotopic (exact) mass is 359 g/mol. The number of unbranched alkanes of at least 4 members (excludes halogenated alkanes) is 1. The summed E-state index contributed by atoms with van der Waals surface area (Å²) >= 11 is 0. The smallest absolute Gasteiger partial charge is 0.327 e. The van der Waals surface area contributed by atoms with Crippen molar-refractivity contribution in [2.75, 3.05) is 12.4 Å². The highest BCUT2D eigenvalue weighted by Gasteiger charge is 2.26. The van der Waals surface area contributed by atoms with E-state index in [1.165, 1.54) is 0 Å². The second kappa shape index (κ2) is 9.24. The molecule has 0 spiro atoms. The summed E-state index contributed by atoms with van der Waals surface area (Å²) in [5.74, 6) is -2.81. The molecule has 1 amide bonds. The summed E-state index contributed by atoms with van der Waals surface area (Å²) in [6, 6.07) is 5.11. The Morgan fingerprint density at radius 1 is 1.29 bits per heavy atom. The number of carbonyl (C=O) groups excluding carboxylic acids is 1. The summed E-state index contributed by atoms with van der Waals surface area (Å²) in [7, 11) is -4.53. The molecule has 0 aliphatic heterocycles. The van der Waals surface area contributed by atoms with Gasteiger partial charge in [0.15, 0.2) is 0 Å². The van der Waals surface area contributed by atoms with E-state index >= 15 is 0 Å². The number of carboxylic acids is 1. The highest BCUT2D eigenvalue weighted by atomic mass is 32.2. The first-order valence-electron chi connectivity index (χ1n) is 7.41. The summed E-state index contributed by atoms with van der Waals surface area (Å²) in [6.07, 6.45) is 1.64.